The molecule has 0 atom stereocenters. The van der Waals surface area contributed by atoms with Gasteiger partial charge in [-0.25, -0.2) is 0 Å². The lowest BCUT2D eigenvalue weighted by Crippen LogP contribution is -2.56. The summed E-state index contributed by atoms with van der Waals surface area (Å²) in [6.45, 7) is 45.4. The van der Waals surface area contributed by atoms with Crippen molar-refractivity contribution < 1.29 is 0 Å². The van der Waals surface area contributed by atoms with Crippen LogP contribution in [0.5, 0.6) is 0 Å². The third-order valence-electron chi connectivity index (χ3n) is 16.8. The molecule has 0 spiro atoms. The summed E-state index contributed by atoms with van der Waals surface area (Å²) < 4.78 is 0. The van der Waals surface area contributed by atoms with E-state index in [0.29, 0.717) is 0 Å². The predicted octanol–water partition coefficient (Wildman–Crippen LogP) is 16.3. The van der Waals surface area contributed by atoms with Crippen molar-refractivity contribution in [2.75, 3.05) is 9.80 Å². The van der Waals surface area contributed by atoms with E-state index in [4.69, 9.17) is 12.6 Å². The van der Waals surface area contributed by atoms with E-state index in [1.807, 2.05) is 0 Å². The van der Waals surface area contributed by atoms with Crippen molar-refractivity contribution in [3.8, 4) is 0 Å². The van der Waals surface area contributed by atoms with Crippen molar-refractivity contribution in [3.05, 3.63) is 139 Å². The summed E-state index contributed by atoms with van der Waals surface area (Å²) in [7, 11) is 0. The van der Waals surface area contributed by atoms with Crippen LogP contribution in [-0.2, 0) is 37.9 Å². The van der Waals surface area contributed by atoms with Gasteiger partial charge in [-0.2, -0.15) is 12.6 Å². The summed E-state index contributed by atoms with van der Waals surface area (Å²) >= 11 is 5.97. The SMILES string of the molecule is Cc1ccc(C(C)(C)C)cc1C1=C(S)B2c3cc4c(cc3N(c3ccc5c(c3)C(C)(C)CCC5(C)C)c3cc(C(C)(C)C)cc(c32)N1c1ccc(C(C)(C)C)cc1C)C(C)(C)CCC4(C)C. The molecule has 66 heavy (non-hydrogen) atoms. The Morgan fingerprint density at radius 2 is 0.939 bits per heavy atom. The quantitative estimate of drug-likeness (QED) is 0.142. The van der Waals surface area contributed by atoms with E-state index in [1.165, 1.54) is 120 Å². The van der Waals surface area contributed by atoms with Gasteiger partial charge in [0, 0.05) is 34.0 Å². The van der Waals surface area contributed by atoms with Crippen LogP contribution in [0.25, 0.3) is 5.70 Å². The fourth-order valence-electron chi connectivity index (χ4n) is 11.9. The molecule has 2 aliphatic carbocycles. The zero-order chi connectivity index (χ0) is 48.2. The fourth-order valence-corrected chi connectivity index (χ4v) is 12.4. The largest absolute Gasteiger partial charge is 0.311 e. The zero-order valence-corrected chi connectivity index (χ0v) is 45.1. The molecular formula is C62H79BN2S. The van der Waals surface area contributed by atoms with E-state index >= 15 is 0 Å². The van der Waals surface area contributed by atoms with Gasteiger partial charge >= 0.3 is 0 Å². The number of hydrogen-bond donors (Lipinski definition) is 1. The van der Waals surface area contributed by atoms with Crippen molar-refractivity contribution in [3.63, 3.8) is 0 Å². The van der Waals surface area contributed by atoms with Crippen molar-refractivity contribution in [1.29, 1.82) is 0 Å². The van der Waals surface area contributed by atoms with E-state index in [1.54, 1.807) is 0 Å². The highest BCUT2D eigenvalue weighted by Crippen LogP contribution is 2.55. The third kappa shape index (κ3) is 7.45. The molecule has 9 rings (SSSR count). The number of aryl methyl sites for hydroxylation is 2. The molecule has 2 aliphatic heterocycles. The van der Waals surface area contributed by atoms with Gasteiger partial charge in [0.05, 0.1) is 5.70 Å². The van der Waals surface area contributed by atoms with Crippen molar-refractivity contribution in [2.24, 2.45) is 0 Å². The molecule has 0 radical (unpaired) electrons. The van der Waals surface area contributed by atoms with Crippen LogP contribution < -0.4 is 20.7 Å². The molecule has 0 saturated heterocycles. The van der Waals surface area contributed by atoms with E-state index in [9.17, 15) is 0 Å². The molecule has 0 amide bonds. The Labute approximate surface area is 406 Å². The highest BCUT2D eigenvalue weighted by Gasteiger charge is 2.48. The van der Waals surface area contributed by atoms with Gasteiger partial charge in [-0.15, -0.1) is 0 Å². The molecule has 4 heteroatoms. The molecule has 0 unspecified atom stereocenters. The van der Waals surface area contributed by atoms with Gasteiger partial charge in [0.25, 0.3) is 6.71 Å². The average molecular weight is 895 g/mol. The first kappa shape index (κ1) is 46.9. The van der Waals surface area contributed by atoms with Crippen LogP contribution in [0, 0.1) is 13.8 Å². The number of rotatable bonds is 3. The van der Waals surface area contributed by atoms with Crippen molar-refractivity contribution in [1.82, 2.24) is 0 Å². The van der Waals surface area contributed by atoms with Crippen LogP contribution in [0.3, 0.4) is 0 Å². The fraction of sp³-hybridized carbons (Fsp3) is 0.484. The number of nitrogens with zero attached hydrogens (tertiary/aromatic N) is 2. The van der Waals surface area contributed by atoms with Gasteiger partial charge in [-0.3, -0.25) is 0 Å². The van der Waals surface area contributed by atoms with E-state index in [2.05, 4.69) is 220 Å². The summed E-state index contributed by atoms with van der Waals surface area (Å²) in [5.41, 5.74) is 24.1. The van der Waals surface area contributed by atoms with Gasteiger partial charge < -0.3 is 9.80 Å². The lowest BCUT2D eigenvalue weighted by Gasteiger charge is -2.48. The molecule has 5 aromatic rings. The van der Waals surface area contributed by atoms with Crippen LogP contribution in [0.2, 0.25) is 0 Å². The molecule has 0 N–H and O–H groups in total. The second-order valence-corrected chi connectivity index (χ2v) is 27.3. The highest BCUT2D eigenvalue weighted by atomic mass is 32.1. The molecule has 0 fully saturated rings. The Hall–Kier alpha value is -4.15. The molecule has 4 aliphatic rings. The minimum absolute atomic E-state index is 0.0248. The van der Waals surface area contributed by atoms with Crippen LogP contribution in [0.1, 0.15) is 199 Å². The van der Waals surface area contributed by atoms with Crippen LogP contribution in [0.15, 0.2) is 83.7 Å². The van der Waals surface area contributed by atoms with Crippen molar-refractivity contribution >= 4 is 64.4 Å². The topological polar surface area (TPSA) is 6.48 Å². The summed E-state index contributed by atoms with van der Waals surface area (Å²) in [6, 6.07) is 32.3. The third-order valence-corrected chi connectivity index (χ3v) is 17.3. The molecular weight excluding hydrogens is 816 g/mol. The minimum atomic E-state index is -0.124. The first-order valence-corrected chi connectivity index (χ1v) is 25.6. The second-order valence-electron chi connectivity index (χ2n) is 26.8. The normalized spacial score (nSPS) is 19.3. The lowest BCUT2D eigenvalue weighted by molar-refractivity contribution is 0.332. The standard InChI is InChI=1S/C62H79BN2S/c1-37-20-21-40(57(6,7)8)31-43(37)54-55(66)63-48-35-46-47(62(18,19)29-28-61(46,16)17)36-50(48)64(42-23-24-44-45(34-42)60(14,15)27-26-59(44,12)13)51-32-41(58(9,10)11)33-52(53(51)63)65(54)49-25-22-39(30-38(49)2)56(3,4)5/h20-25,30-36,66H,26-29H2,1-19H3. The van der Waals surface area contributed by atoms with Crippen LogP contribution in [0.4, 0.5) is 28.4 Å². The highest BCUT2D eigenvalue weighted by molar-refractivity contribution is 7.87. The van der Waals surface area contributed by atoms with E-state index < -0.39 is 0 Å². The van der Waals surface area contributed by atoms with Gasteiger partial charge in [0.2, 0.25) is 0 Å². The molecule has 0 aromatic heterocycles. The van der Waals surface area contributed by atoms with Gasteiger partial charge in [0.1, 0.15) is 0 Å². The first-order valence-electron chi connectivity index (χ1n) is 25.1. The Morgan fingerprint density at radius 3 is 1.48 bits per heavy atom. The Bertz CT molecular complexity index is 2860. The lowest BCUT2D eigenvalue weighted by atomic mass is 9.36. The van der Waals surface area contributed by atoms with E-state index in [-0.39, 0.29) is 44.6 Å². The maximum absolute atomic E-state index is 5.97. The molecule has 0 saturated carbocycles. The van der Waals surface area contributed by atoms with Gasteiger partial charge in [0.15, 0.2) is 0 Å². The Kier molecular flexibility index (Phi) is 10.6. The summed E-state index contributed by atoms with van der Waals surface area (Å²) in [5.74, 6) is 0. The monoisotopic (exact) mass is 895 g/mol. The number of fused-ring (bicyclic) bond motifs is 4. The number of thiol groups is 1. The minimum Gasteiger partial charge on any atom is -0.311 e. The summed E-state index contributed by atoms with van der Waals surface area (Å²) in [6.07, 6.45) is 4.70. The van der Waals surface area contributed by atoms with E-state index in [0.717, 1.165) is 11.2 Å². The summed E-state index contributed by atoms with van der Waals surface area (Å²) in [4.78, 5) is 6.44. The van der Waals surface area contributed by atoms with Crippen LogP contribution >= 0.6 is 12.6 Å². The maximum Gasteiger partial charge on any atom is 0.259 e. The average Bonchev–Trinajstić information content (AvgIpc) is 3.20. The van der Waals surface area contributed by atoms with Crippen LogP contribution in [-0.4, -0.2) is 6.71 Å². The zero-order valence-electron chi connectivity index (χ0n) is 44.3. The number of anilines is 5. The predicted molar refractivity (Wildman–Crippen MR) is 293 cm³/mol. The molecule has 2 nitrogen and oxygen atoms in total. The maximum atomic E-state index is 5.97. The second kappa shape index (κ2) is 14.9. The Morgan fingerprint density at radius 1 is 0.455 bits per heavy atom. The number of hydrogen-bond acceptors (Lipinski definition) is 3. The Balaban J connectivity index is 1.47. The van der Waals surface area contributed by atoms with Gasteiger partial charge in [-0.1, -0.05) is 154 Å². The molecule has 0 bridgehead atoms. The molecule has 5 aromatic carbocycles. The molecule has 346 valence electrons. The number of benzene rings is 5. The van der Waals surface area contributed by atoms with Crippen molar-refractivity contribution in [2.45, 2.75) is 195 Å². The molecule has 2 heterocycles. The summed E-state index contributed by atoms with van der Waals surface area (Å²) in [5, 5.41) is 0. The first-order chi connectivity index (χ1) is 30.3. The smallest absolute Gasteiger partial charge is 0.259 e. The van der Waals surface area contributed by atoms with Gasteiger partial charge in [-0.05, 0) is 186 Å².